The van der Waals surface area contributed by atoms with Gasteiger partial charge in [-0.15, -0.1) is 0 Å². The van der Waals surface area contributed by atoms with Crippen molar-refractivity contribution in [1.82, 2.24) is 10.2 Å². The second-order valence-corrected chi connectivity index (χ2v) is 10.3. The Hall–Kier alpha value is -1.53. The van der Waals surface area contributed by atoms with E-state index >= 15 is 0 Å². The van der Waals surface area contributed by atoms with Crippen molar-refractivity contribution in [1.29, 1.82) is 5.26 Å². The van der Waals surface area contributed by atoms with E-state index in [0.29, 0.717) is 58.9 Å². The van der Waals surface area contributed by atoms with Crippen LogP contribution in [-0.2, 0) is 16.1 Å². The van der Waals surface area contributed by atoms with Crippen LogP contribution < -0.4 is 5.32 Å². The van der Waals surface area contributed by atoms with E-state index in [4.69, 9.17) is 27.9 Å². The van der Waals surface area contributed by atoms with E-state index in [2.05, 4.69) is 32.2 Å². The molecule has 2 aliphatic rings. The van der Waals surface area contributed by atoms with E-state index < -0.39 is 5.92 Å². The highest BCUT2D eigenvalue weighted by Crippen LogP contribution is 2.49. The summed E-state index contributed by atoms with van der Waals surface area (Å²) in [7, 11) is 0. The average Bonchev–Trinajstić information content (AvgIpc) is 3.18. The molecule has 0 radical (unpaired) electrons. The van der Waals surface area contributed by atoms with Crippen LogP contribution in [0, 0.1) is 17.2 Å². The third-order valence-corrected chi connectivity index (χ3v) is 7.95. The summed E-state index contributed by atoms with van der Waals surface area (Å²) in [5.74, 6) is -0.722. The molecule has 0 spiro atoms. The molecule has 2 atom stereocenters. The number of nitrogens with zero attached hydrogens (tertiary/aromatic N) is 2. The lowest BCUT2D eigenvalue weighted by Gasteiger charge is -2.33. The van der Waals surface area contributed by atoms with Gasteiger partial charge in [-0.3, -0.25) is 9.69 Å². The van der Waals surface area contributed by atoms with Gasteiger partial charge in [0.1, 0.15) is 0 Å². The molecule has 166 valence electrons. The van der Waals surface area contributed by atoms with Gasteiger partial charge in [0.15, 0.2) is 0 Å². The van der Waals surface area contributed by atoms with Crippen LogP contribution in [-0.4, -0.2) is 42.5 Å². The van der Waals surface area contributed by atoms with Crippen LogP contribution in [0.3, 0.4) is 0 Å². The number of halogens is 3. The summed E-state index contributed by atoms with van der Waals surface area (Å²) in [5, 5.41) is 13.9. The van der Waals surface area contributed by atoms with E-state index in [-0.39, 0.29) is 11.3 Å². The molecule has 4 rings (SSSR count). The number of rotatable bonds is 5. The Bertz CT molecular complexity index is 1080. The van der Waals surface area contributed by atoms with E-state index in [1.54, 1.807) is 18.2 Å². The maximum atomic E-state index is 13.3. The number of thioether (sulfide) groups is 1. The first-order valence-corrected chi connectivity index (χ1v) is 12.5. The zero-order chi connectivity index (χ0) is 22.7. The highest BCUT2D eigenvalue weighted by Gasteiger charge is 2.43. The van der Waals surface area contributed by atoms with Crippen molar-refractivity contribution in [3.05, 3.63) is 73.0 Å². The smallest absolute Gasteiger partial charge is 0.258 e. The Balaban J connectivity index is 1.66. The summed E-state index contributed by atoms with van der Waals surface area (Å²) in [6.07, 6.45) is 0. The number of morpholine rings is 1. The maximum absolute atomic E-state index is 13.3. The minimum Gasteiger partial charge on any atom is -0.379 e. The van der Waals surface area contributed by atoms with Gasteiger partial charge in [0.2, 0.25) is 0 Å². The zero-order valence-electron chi connectivity index (χ0n) is 17.0. The molecule has 0 aromatic heterocycles. The van der Waals surface area contributed by atoms with Crippen molar-refractivity contribution in [2.45, 2.75) is 11.9 Å². The molecule has 0 aliphatic carbocycles. The standard InChI is InChI=1S/C23H20BrCl2N3O2S/c24-15-3-1-14(2-4-15)13-28-22(30)21-20(17-6-5-16(25)11-19(17)26)18(12-27)23(32-21)29-7-9-31-10-8-29/h1-6,11,18,23H,7-10,13H2,(H,28,30). The van der Waals surface area contributed by atoms with Gasteiger partial charge in [-0.25, -0.2) is 0 Å². The lowest BCUT2D eigenvalue weighted by molar-refractivity contribution is -0.116. The molecule has 2 aromatic carbocycles. The number of carbonyl (C=O) groups excluding carboxylic acids is 1. The van der Waals surface area contributed by atoms with Crippen LogP contribution in [0.25, 0.3) is 5.57 Å². The monoisotopic (exact) mass is 551 g/mol. The second kappa shape index (κ2) is 10.6. The predicted octanol–water partition coefficient (Wildman–Crippen LogP) is 5.33. The van der Waals surface area contributed by atoms with Gasteiger partial charge in [-0.1, -0.05) is 69.1 Å². The summed E-state index contributed by atoms with van der Waals surface area (Å²) in [6, 6.07) is 15.4. The molecule has 1 fully saturated rings. The van der Waals surface area contributed by atoms with Gasteiger partial charge >= 0.3 is 0 Å². The highest BCUT2D eigenvalue weighted by atomic mass is 79.9. The molecule has 2 aromatic rings. The minimum absolute atomic E-state index is 0.181. The normalized spacial score (nSPS) is 21.4. The second-order valence-electron chi connectivity index (χ2n) is 7.44. The molecule has 9 heteroatoms. The van der Waals surface area contributed by atoms with Crippen LogP contribution >= 0.6 is 50.9 Å². The number of nitrogens with one attached hydrogen (secondary N) is 1. The topological polar surface area (TPSA) is 65.4 Å². The van der Waals surface area contributed by atoms with Gasteiger partial charge in [0.05, 0.1) is 35.5 Å². The van der Waals surface area contributed by atoms with Gasteiger partial charge in [-0.2, -0.15) is 5.26 Å². The fraction of sp³-hybridized carbons (Fsp3) is 0.304. The third kappa shape index (κ3) is 5.17. The number of nitriles is 1. The fourth-order valence-corrected chi connectivity index (χ4v) is 6.07. The Morgan fingerprint density at radius 2 is 1.94 bits per heavy atom. The summed E-state index contributed by atoms with van der Waals surface area (Å²) in [4.78, 5) is 16.0. The van der Waals surface area contributed by atoms with Crippen molar-refractivity contribution in [2.75, 3.05) is 26.3 Å². The van der Waals surface area contributed by atoms with Gasteiger partial charge in [0.25, 0.3) is 5.91 Å². The van der Waals surface area contributed by atoms with E-state index in [9.17, 15) is 10.1 Å². The van der Waals surface area contributed by atoms with Crippen LogP contribution in [0.15, 0.2) is 51.8 Å². The number of hydrogen-bond acceptors (Lipinski definition) is 5. The average molecular weight is 553 g/mol. The minimum atomic E-state index is -0.509. The number of ether oxygens (including phenoxy) is 1. The Labute approximate surface area is 209 Å². The molecule has 32 heavy (non-hydrogen) atoms. The molecule has 1 saturated heterocycles. The molecular weight excluding hydrogens is 533 g/mol. The fourth-order valence-electron chi connectivity index (χ4n) is 3.82. The number of benzene rings is 2. The molecule has 5 nitrogen and oxygen atoms in total. The van der Waals surface area contributed by atoms with Crippen LogP contribution in [0.1, 0.15) is 11.1 Å². The third-order valence-electron chi connectivity index (χ3n) is 5.42. The van der Waals surface area contributed by atoms with Gasteiger partial charge in [-0.05, 0) is 41.0 Å². The zero-order valence-corrected chi connectivity index (χ0v) is 20.9. The van der Waals surface area contributed by atoms with Crippen molar-refractivity contribution in [2.24, 2.45) is 5.92 Å². The first kappa shape index (κ1) is 23.6. The number of carbonyl (C=O) groups is 1. The summed E-state index contributed by atoms with van der Waals surface area (Å²) in [6.45, 7) is 3.03. The molecule has 1 N–H and O–H groups in total. The van der Waals surface area contributed by atoms with E-state index in [0.717, 1.165) is 10.0 Å². The largest absolute Gasteiger partial charge is 0.379 e. The molecular formula is C23H20BrCl2N3O2S. The van der Waals surface area contributed by atoms with Crippen LogP contribution in [0.5, 0.6) is 0 Å². The molecule has 0 saturated carbocycles. The molecule has 2 unspecified atom stereocenters. The quantitative estimate of drug-likeness (QED) is 0.543. The van der Waals surface area contributed by atoms with Gasteiger partial charge < -0.3 is 10.1 Å². The summed E-state index contributed by atoms with van der Waals surface area (Å²) < 4.78 is 6.45. The molecule has 0 bridgehead atoms. The Morgan fingerprint density at radius 3 is 2.59 bits per heavy atom. The van der Waals surface area contributed by atoms with Crippen molar-refractivity contribution >= 4 is 62.4 Å². The summed E-state index contributed by atoms with van der Waals surface area (Å²) in [5.41, 5.74) is 2.31. The number of amides is 1. The Kier molecular flexibility index (Phi) is 7.83. The van der Waals surface area contributed by atoms with E-state index in [1.165, 1.54) is 11.8 Å². The Morgan fingerprint density at radius 1 is 1.22 bits per heavy atom. The molecule has 1 amide bonds. The van der Waals surface area contributed by atoms with E-state index in [1.807, 2.05) is 24.3 Å². The van der Waals surface area contributed by atoms with Gasteiger partial charge in [0, 0.05) is 34.2 Å². The summed E-state index contributed by atoms with van der Waals surface area (Å²) >= 11 is 17.5. The first-order valence-electron chi connectivity index (χ1n) is 10.1. The molecule has 2 aliphatic heterocycles. The van der Waals surface area contributed by atoms with Crippen molar-refractivity contribution < 1.29 is 9.53 Å². The highest BCUT2D eigenvalue weighted by molar-refractivity contribution is 9.10. The van der Waals surface area contributed by atoms with Crippen molar-refractivity contribution in [3.8, 4) is 6.07 Å². The maximum Gasteiger partial charge on any atom is 0.258 e. The lowest BCUT2D eigenvalue weighted by atomic mass is 9.92. The predicted molar refractivity (Wildman–Crippen MR) is 132 cm³/mol. The van der Waals surface area contributed by atoms with Crippen molar-refractivity contribution in [3.63, 3.8) is 0 Å². The van der Waals surface area contributed by atoms with Crippen LogP contribution in [0.4, 0.5) is 0 Å². The van der Waals surface area contributed by atoms with Crippen LogP contribution in [0.2, 0.25) is 10.0 Å². The number of hydrogen-bond donors (Lipinski definition) is 1. The SMILES string of the molecule is N#CC1C(c2ccc(Cl)cc2Cl)=C(C(=O)NCc2ccc(Br)cc2)SC1N1CCOCC1. The molecule has 2 heterocycles. The lowest BCUT2D eigenvalue weighted by Crippen LogP contribution is -2.44. The first-order chi connectivity index (χ1) is 15.5.